The Bertz CT molecular complexity index is 425. The molecule has 0 bridgehead atoms. The first-order valence-corrected chi connectivity index (χ1v) is 8.21. The molecule has 2 fully saturated rings. The van der Waals surface area contributed by atoms with E-state index >= 15 is 0 Å². The van der Waals surface area contributed by atoms with Gasteiger partial charge in [-0.2, -0.15) is 0 Å². The van der Waals surface area contributed by atoms with Crippen molar-refractivity contribution in [1.29, 1.82) is 0 Å². The number of rotatable bonds is 5. The fourth-order valence-electron chi connectivity index (χ4n) is 3.81. The average Bonchev–Trinajstić information content (AvgIpc) is 3.15. The number of hydrogen-bond donors (Lipinski definition) is 1. The molecule has 0 saturated carbocycles. The smallest absolute Gasteiger partial charge is 0.240 e. The monoisotopic (exact) mass is 311 g/mol. The zero-order valence-corrected chi connectivity index (χ0v) is 14.2. The van der Waals surface area contributed by atoms with E-state index in [0.717, 1.165) is 38.8 Å². The molecule has 0 aromatic rings. The molecule has 1 N–H and O–H groups in total. The Labute approximate surface area is 133 Å². The number of amides is 2. The summed E-state index contributed by atoms with van der Waals surface area (Å²) in [5.74, 6) is 0.121. The topological polar surface area (TPSA) is 61.9 Å². The molecule has 2 atom stereocenters. The van der Waals surface area contributed by atoms with Crippen molar-refractivity contribution in [3.05, 3.63) is 0 Å². The highest BCUT2D eigenvalue weighted by molar-refractivity contribution is 5.88. The zero-order chi connectivity index (χ0) is 16.3. The molecule has 22 heavy (non-hydrogen) atoms. The SMILES string of the molecule is CNC(=O)C(C)(C)N1CCCC1C(=O)N1CCCC1COC. The number of nitrogens with zero attached hydrogens (tertiary/aromatic N) is 2. The van der Waals surface area contributed by atoms with Crippen LogP contribution in [0.1, 0.15) is 39.5 Å². The van der Waals surface area contributed by atoms with Gasteiger partial charge in [-0.3, -0.25) is 14.5 Å². The van der Waals surface area contributed by atoms with E-state index < -0.39 is 5.54 Å². The standard InChI is InChI=1S/C16H29N3O3/c1-16(2,15(21)17-3)19-10-6-8-13(19)14(20)18-9-5-7-12(18)11-22-4/h12-13H,5-11H2,1-4H3,(H,17,21). The summed E-state index contributed by atoms with van der Waals surface area (Å²) < 4.78 is 5.25. The maximum absolute atomic E-state index is 13.0. The minimum atomic E-state index is -0.665. The molecule has 0 spiro atoms. The van der Waals surface area contributed by atoms with Crippen molar-refractivity contribution in [3.8, 4) is 0 Å². The Morgan fingerprint density at radius 3 is 2.55 bits per heavy atom. The Morgan fingerprint density at radius 2 is 1.91 bits per heavy atom. The third kappa shape index (κ3) is 3.13. The first-order valence-electron chi connectivity index (χ1n) is 8.21. The lowest BCUT2D eigenvalue weighted by Crippen LogP contribution is -2.59. The first kappa shape index (κ1) is 17.2. The molecule has 0 aromatic carbocycles. The second kappa shape index (κ2) is 6.96. The van der Waals surface area contributed by atoms with Gasteiger partial charge in [0.25, 0.3) is 0 Å². The molecule has 0 aliphatic carbocycles. The highest BCUT2D eigenvalue weighted by atomic mass is 16.5. The van der Waals surface area contributed by atoms with Crippen LogP contribution in [0.5, 0.6) is 0 Å². The largest absolute Gasteiger partial charge is 0.383 e. The van der Waals surface area contributed by atoms with Crippen LogP contribution in [0.4, 0.5) is 0 Å². The quantitative estimate of drug-likeness (QED) is 0.808. The summed E-state index contributed by atoms with van der Waals surface area (Å²) in [4.78, 5) is 29.2. The molecule has 2 aliphatic heterocycles. The summed E-state index contributed by atoms with van der Waals surface area (Å²) in [5.41, 5.74) is -0.665. The summed E-state index contributed by atoms with van der Waals surface area (Å²) in [6.45, 7) is 5.98. The van der Waals surface area contributed by atoms with Crippen molar-refractivity contribution in [2.45, 2.75) is 57.2 Å². The number of carbonyl (C=O) groups excluding carboxylic acids is 2. The highest BCUT2D eigenvalue weighted by Gasteiger charge is 2.46. The van der Waals surface area contributed by atoms with Gasteiger partial charge in [0.1, 0.15) is 0 Å². The van der Waals surface area contributed by atoms with Crippen molar-refractivity contribution < 1.29 is 14.3 Å². The van der Waals surface area contributed by atoms with Gasteiger partial charge < -0.3 is 15.0 Å². The molecule has 2 heterocycles. The lowest BCUT2D eigenvalue weighted by molar-refractivity contribution is -0.143. The van der Waals surface area contributed by atoms with E-state index in [1.54, 1.807) is 14.2 Å². The molecule has 6 nitrogen and oxygen atoms in total. The average molecular weight is 311 g/mol. The summed E-state index contributed by atoms with van der Waals surface area (Å²) >= 11 is 0. The molecule has 2 unspecified atom stereocenters. The zero-order valence-electron chi connectivity index (χ0n) is 14.2. The molecule has 0 aromatic heterocycles. The molecule has 2 saturated heterocycles. The molecule has 2 rings (SSSR count). The predicted octanol–water partition coefficient (Wildman–Crippen LogP) is 0.613. The van der Waals surface area contributed by atoms with Crippen LogP contribution in [0.2, 0.25) is 0 Å². The molecular formula is C16H29N3O3. The van der Waals surface area contributed by atoms with Crippen LogP contribution >= 0.6 is 0 Å². The van der Waals surface area contributed by atoms with Gasteiger partial charge in [-0.05, 0) is 39.5 Å². The van der Waals surface area contributed by atoms with Gasteiger partial charge in [0.15, 0.2) is 0 Å². The molecule has 2 aliphatic rings. The lowest BCUT2D eigenvalue weighted by Gasteiger charge is -2.39. The van der Waals surface area contributed by atoms with Crippen LogP contribution < -0.4 is 5.32 Å². The molecule has 2 amide bonds. The van der Waals surface area contributed by atoms with Crippen LogP contribution in [0.15, 0.2) is 0 Å². The van der Waals surface area contributed by atoms with Crippen LogP contribution in [0.3, 0.4) is 0 Å². The van der Waals surface area contributed by atoms with E-state index in [1.165, 1.54) is 0 Å². The van der Waals surface area contributed by atoms with Gasteiger partial charge in [-0.15, -0.1) is 0 Å². The fraction of sp³-hybridized carbons (Fsp3) is 0.875. The van der Waals surface area contributed by atoms with E-state index in [2.05, 4.69) is 10.2 Å². The Kier molecular flexibility index (Phi) is 5.45. The third-order valence-corrected chi connectivity index (χ3v) is 5.06. The van der Waals surface area contributed by atoms with Gasteiger partial charge in [0.2, 0.25) is 11.8 Å². The number of ether oxygens (including phenoxy) is 1. The van der Waals surface area contributed by atoms with Crippen LogP contribution in [-0.4, -0.2) is 73.1 Å². The normalized spacial score (nSPS) is 26.5. The Morgan fingerprint density at radius 1 is 1.23 bits per heavy atom. The number of likely N-dealkylation sites (tertiary alicyclic amines) is 2. The second-order valence-electron chi connectivity index (χ2n) is 6.77. The second-order valence-corrected chi connectivity index (χ2v) is 6.77. The number of likely N-dealkylation sites (N-methyl/N-ethyl adjacent to an activating group) is 1. The summed E-state index contributed by atoms with van der Waals surface area (Å²) in [7, 11) is 3.32. The molecule has 126 valence electrons. The van der Waals surface area contributed by atoms with Gasteiger partial charge in [0, 0.05) is 27.2 Å². The van der Waals surface area contributed by atoms with Crippen molar-refractivity contribution in [3.63, 3.8) is 0 Å². The first-order chi connectivity index (χ1) is 10.4. The Balaban J connectivity index is 2.13. The van der Waals surface area contributed by atoms with E-state index in [4.69, 9.17) is 4.74 Å². The Hall–Kier alpha value is -1.14. The predicted molar refractivity (Wildman–Crippen MR) is 84.5 cm³/mol. The van der Waals surface area contributed by atoms with Gasteiger partial charge in [-0.25, -0.2) is 0 Å². The maximum Gasteiger partial charge on any atom is 0.240 e. The summed E-state index contributed by atoms with van der Waals surface area (Å²) in [6.07, 6.45) is 3.82. The summed E-state index contributed by atoms with van der Waals surface area (Å²) in [6, 6.07) is -0.00665. The van der Waals surface area contributed by atoms with E-state index in [-0.39, 0.29) is 23.9 Å². The molecule has 0 radical (unpaired) electrons. The number of nitrogens with one attached hydrogen (secondary N) is 1. The minimum absolute atomic E-state index is 0.0398. The van der Waals surface area contributed by atoms with Crippen LogP contribution in [0, 0.1) is 0 Å². The van der Waals surface area contributed by atoms with E-state index in [1.807, 2.05) is 18.7 Å². The maximum atomic E-state index is 13.0. The van der Waals surface area contributed by atoms with Crippen molar-refractivity contribution in [2.24, 2.45) is 0 Å². The van der Waals surface area contributed by atoms with E-state index in [9.17, 15) is 9.59 Å². The van der Waals surface area contributed by atoms with Crippen molar-refractivity contribution in [2.75, 3.05) is 33.9 Å². The fourth-order valence-corrected chi connectivity index (χ4v) is 3.81. The van der Waals surface area contributed by atoms with E-state index in [0.29, 0.717) is 6.61 Å². The minimum Gasteiger partial charge on any atom is -0.383 e. The van der Waals surface area contributed by atoms with Crippen molar-refractivity contribution in [1.82, 2.24) is 15.1 Å². The summed E-state index contributed by atoms with van der Waals surface area (Å²) in [5, 5.41) is 2.71. The van der Waals surface area contributed by atoms with Gasteiger partial charge in [-0.1, -0.05) is 0 Å². The van der Waals surface area contributed by atoms with Gasteiger partial charge in [0.05, 0.1) is 24.2 Å². The number of carbonyl (C=O) groups is 2. The lowest BCUT2D eigenvalue weighted by atomic mass is 9.99. The van der Waals surface area contributed by atoms with Crippen LogP contribution in [0.25, 0.3) is 0 Å². The van der Waals surface area contributed by atoms with Crippen LogP contribution in [-0.2, 0) is 14.3 Å². The van der Waals surface area contributed by atoms with Crippen molar-refractivity contribution >= 4 is 11.8 Å². The highest BCUT2D eigenvalue weighted by Crippen LogP contribution is 2.30. The van der Waals surface area contributed by atoms with Gasteiger partial charge >= 0.3 is 0 Å². The number of methoxy groups -OCH3 is 1. The third-order valence-electron chi connectivity index (χ3n) is 5.06. The molecular weight excluding hydrogens is 282 g/mol. The molecule has 6 heteroatoms. The number of hydrogen-bond acceptors (Lipinski definition) is 4.